The molecule has 0 heterocycles. The van der Waals surface area contributed by atoms with Gasteiger partial charge in [0.25, 0.3) is 0 Å². The topological polar surface area (TPSA) is 70.2 Å². The third-order valence-electron chi connectivity index (χ3n) is 3.46. The Labute approximate surface area is 145 Å². The van der Waals surface area contributed by atoms with Crippen LogP contribution in [0.2, 0.25) is 0 Å². The van der Waals surface area contributed by atoms with Gasteiger partial charge in [-0.2, -0.15) is 0 Å². The largest absolute Gasteiger partial charge is 0.375 e. The van der Waals surface area contributed by atoms with Crippen LogP contribution in [0.1, 0.15) is 12.8 Å². The molecule has 24 heavy (non-hydrogen) atoms. The molecular formula is C18H19N3O2S. The van der Waals surface area contributed by atoms with Gasteiger partial charge in [-0.3, -0.25) is 10.1 Å². The molecule has 0 spiro atoms. The van der Waals surface area contributed by atoms with E-state index in [9.17, 15) is 9.59 Å². The maximum absolute atomic E-state index is 11.9. The van der Waals surface area contributed by atoms with E-state index in [1.807, 2.05) is 54.6 Å². The number of benzene rings is 2. The molecule has 124 valence electrons. The van der Waals surface area contributed by atoms with Gasteiger partial charge in [0.05, 0.1) is 6.54 Å². The molecule has 3 rings (SSSR count). The Hall–Kier alpha value is -2.47. The zero-order valence-corrected chi connectivity index (χ0v) is 13.9. The fourth-order valence-corrected chi connectivity index (χ4v) is 3.06. The van der Waals surface area contributed by atoms with E-state index in [0.717, 1.165) is 28.3 Å². The average Bonchev–Trinajstić information content (AvgIpc) is 3.39. The fourth-order valence-electron chi connectivity index (χ4n) is 2.11. The molecule has 2 aromatic rings. The Morgan fingerprint density at radius 2 is 1.71 bits per heavy atom. The highest BCUT2D eigenvalue weighted by Gasteiger charge is 2.23. The van der Waals surface area contributed by atoms with Gasteiger partial charge in [-0.25, -0.2) is 4.79 Å². The minimum Gasteiger partial charge on any atom is -0.375 e. The van der Waals surface area contributed by atoms with Crippen LogP contribution < -0.4 is 16.0 Å². The van der Waals surface area contributed by atoms with Crippen molar-refractivity contribution in [2.24, 2.45) is 0 Å². The van der Waals surface area contributed by atoms with Crippen LogP contribution in [0.3, 0.4) is 0 Å². The van der Waals surface area contributed by atoms with Crippen LogP contribution in [0.5, 0.6) is 0 Å². The lowest BCUT2D eigenvalue weighted by Gasteiger charge is -2.12. The van der Waals surface area contributed by atoms with Gasteiger partial charge in [0.2, 0.25) is 5.91 Å². The summed E-state index contributed by atoms with van der Waals surface area (Å²) in [5, 5.41) is 8.15. The molecule has 2 aromatic carbocycles. The first-order chi connectivity index (χ1) is 11.7. The van der Waals surface area contributed by atoms with Gasteiger partial charge in [0.15, 0.2) is 0 Å². The summed E-state index contributed by atoms with van der Waals surface area (Å²) in [6, 6.07) is 17.6. The summed E-state index contributed by atoms with van der Waals surface area (Å²) in [7, 11) is 0. The summed E-state index contributed by atoms with van der Waals surface area (Å²) in [5.41, 5.74) is 0.865. The number of rotatable bonds is 6. The highest BCUT2D eigenvalue weighted by molar-refractivity contribution is 7.99. The molecule has 6 heteroatoms. The van der Waals surface area contributed by atoms with E-state index in [2.05, 4.69) is 16.0 Å². The fraction of sp³-hybridized carbons (Fsp3) is 0.222. The van der Waals surface area contributed by atoms with Gasteiger partial charge in [-0.15, -0.1) is 0 Å². The molecule has 0 radical (unpaired) electrons. The third-order valence-corrected chi connectivity index (χ3v) is 4.55. The molecule has 1 fully saturated rings. The Kier molecular flexibility index (Phi) is 5.38. The summed E-state index contributed by atoms with van der Waals surface area (Å²) < 4.78 is 0. The standard InChI is InChI=1S/C18H19N3O2S/c22-17(21-18(23)20-13-10-11-13)12-19-15-8-4-5-9-16(15)24-14-6-2-1-3-7-14/h1-9,13,19H,10-12H2,(H2,20,21,22,23). The van der Waals surface area contributed by atoms with E-state index in [-0.39, 0.29) is 18.5 Å². The van der Waals surface area contributed by atoms with Gasteiger partial charge in [-0.1, -0.05) is 42.1 Å². The lowest BCUT2D eigenvalue weighted by atomic mass is 10.3. The molecule has 1 aliphatic rings. The van der Waals surface area contributed by atoms with E-state index >= 15 is 0 Å². The number of hydrogen-bond acceptors (Lipinski definition) is 4. The molecule has 0 saturated heterocycles. The summed E-state index contributed by atoms with van der Waals surface area (Å²) in [5.74, 6) is -0.354. The number of para-hydroxylation sites is 1. The number of carbonyl (C=O) groups excluding carboxylic acids is 2. The van der Waals surface area contributed by atoms with E-state index in [4.69, 9.17) is 0 Å². The third kappa shape index (κ3) is 5.03. The van der Waals surface area contributed by atoms with E-state index in [1.54, 1.807) is 11.8 Å². The van der Waals surface area contributed by atoms with E-state index in [1.165, 1.54) is 0 Å². The van der Waals surface area contributed by atoms with Gasteiger partial charge in [0.1, 0.15) is 0 Å². The Bertz CT molecular complexity index is 717. The van der Waals surface area contributed by atoms with Crippen LogP contribution in [-0.4, -0.2) is 24.5 Å². The zero-order valence-electron chi connectivity index (χ0n) is 13.1. The van der Waals surface area contributed by atoms with Crippen molar-refractivity contribution >= 4 is 29.4 Å². The molecule has 0 atom stereocenters. The number of urea groups is 1. The first-order valence-corrected chi connectivity index (χ1v) is 8.68. The SMILES string of the molecule is O=C(CNc1ccccc1Sc1ccccc1)NC(=O)NC1CC1. The summed E-state index contributed by atoms with van der Waals surface area (Å²) in [4.78, 5) is 25.6. The van der Waals surface area contributed by atoms with Crippen molar-refractivity contribution in [2.45, 2.75) is 28.7 Å². The Morgan fingerprint density at radius 3 is 2.46 bits per heavy atom. The minimum atomic E-state index is -0.420. The van der Waals surface area contributed by atoms with Crippen LogP contribution in [-0.2, 0) is 4.79 Å². The number of imide groups is 1. The number of hydrogen-bond donors (Lipinski definition) is 3. The zero-order chi connectivity index (χ0) is 16.8. The van der Waals surface area contributed by atoms with Crippen LogP contribution >= 0.6 is 11.8 Å². The second-order valence-electron chi connectivity index (χ2n) is 5.56. The lowest BCUT2D eigenvalue weighted by molar-refractivity contribution is -0.118. The monoisotopic (exact) mass is 341 g/mol. The van der Waals surface area contributed by atoms with Crippen molar-refractivity contribution in [3.05, 3.63) is 54.6 Å². The predicted octanol–water partition coefficient (Wildman–Crippen LogP) is 3.24. The summed E-state index contributed by atoms with van der Waals surface area (Å²) in [6.45, 7) is 0.0461. The first-order valence-electron chi connectivity index (χ1n) is 7.87. The Morgan fingerprint density at radius 1 is 1.00 bits per heavy atom. The van der Waals surface area contributed by atoms with Crippen LogP contribution in [0.25, 0.3) is 0 Å². The average molecular weight is 341 g/mol. The highest BCUT2D eigenvalue weighted by atomic mass is 32.2. The smallest absolute Gasteiger partial charge is 0.321 e. The minimum absolute atomic E-state index is 0.0461. The second-order valence-corrected chi connectivity index (χ2v) is 6.68. The van der Waals surface area contributed by atoms with Crippen molar-refractivity contribution in [1.29, 1.82) is 0 Å². The normalized spacial score (nSPS) is 13.2. The molecule has 1 aliphatic carbocycles. The number of anilines is 1. The van der Waals surface area contributed by atoms with Crippen LogP contribution in [0.4, 0.5) is 10.5 Å². The molecule has 3 N–H and O–H groups in total. The number of amides is 3. The quantitative estimate of drug-likeness (QED) is 0.754. The van der Waals surface area contributed by atoms with Crippen molar-refractivity contribution in [3.8, 4) is 0 Å². The first kappa shape index (κ1) is 16.4. The van der Waals surface area contributed by atoms with E-state index in [0.29, 0.717) is 0 Å². The van der Waals surface area contributed by atoms with Crippen molar-refractivity contribution in [2.75, 3.05) is 11.9 Å². The number of nitrogens with one attached hydrogen (secondary N) is 3. The lowest BCUT2D eigenvalue weighted by Crippen LogP contribution is -2.42. The van der Waals surface area contributed by atoms with Crippen molar-refractivity contribution < 1.29 is 9.59 Å². The maximum Gasteiger partial charge on any atom is 0.321 e. The molecule has 0 unspecified atom stereocenters. The van der Waals surface area contributed by atoms with E-state index < -0.39 is 6.03 Å². The number of carbonyl (C=O) groups is 2. The van der Waals surface area contributed by atoms with Gasteiger partial charge >= 0.3 is 6.03 Å². The summed E-state index contributed by atoms with van der Waals surface area (Å²) in [6.07, 6.45) is 1.98. The van der Waals surface area contributed by atoms with Crippen molar-refractivity contribution in [1.82, 2.24) is 10.6 Å². The van der Waals surface area contributed by atoms with Crippen molar-refractivity contribution in [3.63, 3.8) is 0 Å². The van der Waals surface area contributed by atoms with Gasteiger partial charge in [-0.05, 0) is 37.1 Å². The molecule has 1 saturated carbocycles. The van der Waals surface area contributed by atoms with Gasteiger partial charge in [0, 0.05) is 21.5 Å². The molecular weight excluding hydrogens is 322 g/mol. The highest BCUT2D eigenvalue weighted by Crippen LogP contribution is 2.32. The molecule has 0 aliphatic heterocycles. The second kappa shape index (κ2) is 7.88. The molecule has 3 amide bonds. The Balaban J connectivity index is 1.54. The predicted molar refractivity (Wildman–Crippen MR) is 95.2 cm³/mol. The maximum atomic E-state index is 11.9. The molecule has 0 aromatic heterocycles. The summed E-state index contributed by atoms with van der Waals surface area (Å²) >= 11 is 1.62. The molecule has 0 bridgehead atoms. The van der Waals surface area contributed by atoms with Crippen LogP contribution in [0, 0.1) is 0 Å². The molecule has 5 nitrogen and oxygen atoms in total. The van der Waals surface area contributed by atoms with Gasteiger partial charge < -0.3 is 10.6 Å². The van der Waals surface area contributed by atoms with Crippen LogP contribution in [0.15, 0.2) is 64.4 Å².